The first-order chi connectivity index (χ1) is 15.9. The van der Waals surface area contributed by atoms with Crippen LogP contribution in [0.1, 0.15) is 11.1 Å². The third-order valence-electron chi connectivity index (χ3n) is 4.62. The molecule has 0 radical (unpaired) electrons. The second kappa shape index (κ2) is 10.5. The van der Waals surface area contributed by atoms with E-state index in [0.29, 0.717) is 11.6 Å². The fourth-order valence-corrected chi connectivity index (χ4v) is 5.20. The van der Waals surface area contributed by atoms with Crippen molar-refractivity contribution in [3.05, 3.63) is 92.9 Å². The van der Waals surface area contributed by atoms with Gasteiger partial charge in [-0.2, -0.15) is 17.9 Å². The molecule has 3 rings (SSSR count). The van der Waals surface area contributed by atoms with Crippen molar-refractivity contribution >= 4 is 56.4 Å². The molecule has 3 aromatic carbocycles. The average Bonchev–Trinajstić information content (AvgIpc) is 2.76. The summed E-state index contributed by atoms with van der Waals surface area (Å²) in [6.45, 7) is 0. The molecule has 0 spiro atoms. The van der Waals surface area contributed by atoms with Crippen LogP contribution >= 0.6 is 34.8 Å². The third-order valence-corrected chi connectivity index (χ3v) is 7.14. The monoisotopic (exact) mass is 550 g/mol. The molecule has 1 atom stereocenters. The molecule has 12 heteroatoms. The molecule has 0 aromatic heterocycles. The summed E-state index contributed by atoms with van der Waals surface area (Å²) >= 11 is 17.5. The molecular formula is C22H16Cl3F3N2O3S. The summed E-state index contributed by atoms with van der Waals surface area (Å²) in [6, 6.07) is 13.7. The van der Waals surface area contributed by atoms with Crippen LogP contribution in [-0.2, 0) is 27.4 Å². The minimum Gasteiger partial charge on any atom is -0.325 e. The third kappa shape index (κ3) is 6.64. The molecule has 0 aliphatic carbocycles. The highest BCUT2D eigenvalue weighted by Gasteiger charge is 2.34. The number of anilines is 1. The molecule has 1 amide bonds. The zero-order valence-electron chi connectivity index (χ0n) is 17.0. The molecule has 0 aliphatic rings. The van der Waals surface area contributed by atoms with Crippen LogP contribution < -0.4 is 10.0 Å². The Bertz CT molecular complexity index is 1300. The van der Waals surface area contributed by atoms with Gasteiger partial charge >= 0.3 is 6.18 Å². The molecule has 0 saturated carbocycles. The quantitative estimate of drug-likeness (QED) is 0.367. The van der Waals surface area contributed by atoms with E-state index in [-0.39, 0.29) is 27.0 Å². The highest BCUT2D eigenvalue weighted by Crippen LogP contribution is 2.36. The second-order valence-electron chi connectivity index (χ2n) is 7.12. The Labute approximate surface area is 208 Å². The van der Waals surface area contributed by atoms with Gasteiger partial charge in [0.15, 0.2) is 0 Å². The van der Waals surface area contributed by atoms with Crippen molar-refractivity contribution in [1.29, 1.82) is 0 Å². The highest BCUT2D eigenvalue weighted by atomic mass is 35.5. The van der Waals surface area contributed by atoms with Crippen molar-refractivity contribution in [3.8, 4) is 0 Å². The summed E-state index contributed by atoms with van der Waals surface area (Å²) < 4.78 is 67.8. The van der Waals surface area contributed by atoms with E-state index in [4.69, 9.17) is 34.8 Å². The van der Waals surface area contributed by atoms with Gasteiger partial charge in [0.1, 0.15) is 10.9 Å². The number of benzene rings is 3. The molecule has 3 aromatic rings. The molecule has 0 fully saturated rings. The Morgan fingerprint density at radius 1 is 0.912 bits per heavy atom. The van der Waals surface area contributed by atoms with Crippen LogP contribution in [-0.4, -0.2) is 20.4 Å². The minimum absolute atomic E-state index is 0.0934. The predicted octanol–water partition coefficient (Wildman–Crippen LogP) is 6.19. The standard InChI is InChI=1S/C22H16Cl3F3N2O3S/c23-14-6-8-18(25)20(11-14)34(32,33)30-19(10-13-4-2-1-3-5-13)21(31)29-15-7-9-17(24)16(12-15)22(26,27)28/h1-9,11-12,19,30H,10H2,(H,29,31)/t19-/m0/s1. The van der Waals surface area contributed by atoms with Gasteiger partial charge < -0.3 is 5.32 Å². The van der Waals surface area contributed by atoms with Crippen molar-refractivity contribution < 1.29 is 26.4 Å². The summed E-state index contributed by atoms with van der Waals surface area (Å²) in [5.74, 6) is -0.888. The number of hydrogen-bond acceptors (Lipinski definition) is 3. The number of halogens is 6. The van der Waals surface area contributed by atoms with Gasteiger partial charge in [-0.25, -0.2) is 8.42 Å². The van der Waals surface area contributed by atoms with E-state index < -0.39 is 38.7 Å². The van der Waals surface area contributed by atoms with Crippen LogP contribution in [0.4, 0.5) is 18.9 Å². The average molecular weight is 552 g/mol. The topological polar surface area (TPSA) is 75.3 Å². The maximum Gasteiger partial charge on any atom is 0.417 e. The maximum absolute atomic E-state index is 13.2. The Kier molecular flexibility index (Phi) is 8.15. The Hall–Kier alpha value is -2.30. The van der Waals surface area contributed by atoms with Crippen molar-refractivity contribution in [2.75, 3.05) is 5.32 Å². The lowest BCUT2D eigenvalue weighted by atomic mass is 10.1. The normalized spacial score (nSPS) is 12.9. The van der Waals surface area contributed by atoms with Crippen molar-refractivity contribution in [3.63, 3.8) is 0 Å². The van der Waals surface area contributed by atoms with Gasteiger partial charge in [-0.15, -0.1) is 0 Å². The first-order valence-electron chi connectivity index (χ1n) is 9.56. The molecule has 34 heavy (non-hydrogen) atoms. The molecule has 0 heterocycles. The minimum atomic E-state index is -4.74. The summed E-state index contributed by atoms with van der Waals surface area (Å²) in [5, 5.41) is 1.76. The van der Waals surface area contributed by atoms with Crippen molar-refractivity contribution in [2.24, 2.45) is 0 Å². The van der Waals surface area contributed by atoms with Gasteiger partial charge in [-0.05, 0) is 48.4 Å². The summed E-state index contributed by atoms with van der Waals surface area (Å²) in [5.41, 5.74) is -0.743. The van der Waals surface area contributed by atoms with E-state index >= 15 is 0 Å². The number of nitrogens with one attached hydrogen (secondary N) is 2. The van der Waals surface area contributed by atoms with Gasteiger partial charge in [0, 0.05) is 10.7 Å². The molecular weight excluding hydrogens is 536 g/mol. The largest absolute Gasteiger partial charge is 0.417 e. The number of carbonyl (C=O) groups excluding carboxylic acids is 1. The lowest BCUT2D eigenvalue weighted by Gasteiger charge is -2.20. The van der Waals surface area contributed by atoms with Crippen molar-refractivity contribution in [1.82, 2.24) is 4.72 Å². The van der Waals surface area contributed by atoms with Gasteiger partial charge in [0.2, 0.25) is 15.9 Å². The zero-order valence-corrected chi connectivity index (χ0v) is 20.1. The van der Waals surface area contributed by atoms with E-state index in [2.05, 4.69) is 10.0 Å². The Morgan fingerprint density at radius 2 is 1.56 bits per heavy atom. The van der Waals surface area contributed by atoms with Gasteiger partial charge in [0.05, 0.1) is 15.6 Å². The SMILES string of the molecule is O=C(Nc1ccc(Cl)c(C(F)(F)F)c1)[C@H](Cc1ccccc1)NS(=O)(=O)c1cc(Cl)ccc1Cl. The first-order valence-corrected chi connectivity index (χ1v) is 12.2. The van der Waals surface area contributed by atoms with Gasteiger partial charge in [-0.3, -0.25) is 4.79 Å². The lowest BCUT2D eigenvalue weighted by Crippen LogP contribution is -2.45. The zero-order chi connectivity index (χ0) is 25.1. The summed E-state index contributed by atoms with van der Waals surface area (Å²) in [7, 11) is -4.34. The van der Waals surface area contributed by atoms with Crippen LogP contribution in [0.2, 0.25) is 15.1 Å². The van der Waals surface area contributed by atoms with Crippen LogP contribution in [0, 0.1) is 0 Å². The molecule has 0 saturated heterocycles. The van der Waals surface area contributed by atoms with Gasteiger partial charge in [0.25, 0.3) is 0 Å². The predicted molar refractivity (Wildman–Crippen MR) is 126 cm³/mol. The number of sulfonamides is 1. The number of carbonyl (C=O) groups is 1. The fourth-order valence-electron chi connectivity index (χ4n) is 3.02. The summed E-state index contributed by atoms with van der Waals surface area (Å²) in [6.07, 6.45) is -4.84. The highest BCUT2D eigenvalue weighted by molar-refractivity contribution is 7.89. The molecule has 0 aliphatic heterocycles. The van der Waals surface area contributed by atoms with E-state index in [1.54, 1.807) is 30.3 Å². The van der Waals surface area contributed by atoms with Crippen LogP contribution in [0.3, 0.4) is 0 Å². The fraction of sp³-hybridized carbons (Fsp3) is 0.136. The molecule has 180 valence electrons. The van der Waals surface area contributed by atoms with E-state index in [9.17, 15) is 26.4 Å². The van der Waals surface area contributed by atoms with E-state index in [1.165, 1.54) is 18.2 Å². The van der Waals surface area contributed by atoms with Crippen LogP contribution in [0.25, 0.3) is 0 Å². The van der Waals surface area contributed by atoms with Crippen LogP contribution in [0.5, 0.6) is 0 Å². The second-order valence-corrected chi connectivity index (χ2v) is 10.1. The first kappa shape index (κ1) is 26.3. The van der Waals surface area contributed by atoms with E-state index in [1.807, 2.05) is 0 Å². The Balaban J connectivity index is 1.93. The summed E-state index contributed by atoms with van der Waals surface area (Å²) in [4.78, 5) is 12.7. The molecule has 5 nitrogen and oxygen atoms in total. The number of rotatable bonds is 7. The van der Waals surface area contributed by atoms with Crippen LogP contribution in [0.15, 0.2) is 71.6 Å². The van der Waals surface area contributed by atoms with Gasteiger partial charge in [-0.1, -0.05) is 65.1 Å². The smallest absolute Gasteiger partial charge is 0.325 e. The van der Waals surface area contributed by atoms with Crippen molar-refractivity contribution in [2.45, 2.75) is 23.5 Å². The molecule has 0 bridgehead atoms. The number of hydrogen-bond donors (Lipinski definition) is 2. The lowest BCUT2D eigenvalue weighted by molar-refractivity contribution is -0.137. The number of alkyl halides is 3. The molecule has 0 unspecified atom stereocenters. The molecule has 2 N–H and O–H groups in total. The maximum atomic E-state index is 13.2. The number of amides is 1. The Morgan fingerprint density at radius 3 is 2.21 bits per heavy atom. The van der Waals surface area contributed by atoms with E-state index in [0.717, 1.165) is 12.1 Å².